The highest BCUT2D eigenvalue weighted by Gasteiger charge is 2.13. The van der Waals surface area contributed by atoms with E-state index < -0.39 is 0 Å². The maximum Gasteiger partial charge on any atom is 0.267 e. The SMILES string of the molecule is O=C(NCCCC1CCNCC1)c1cc2cnccc2[nH]1. The number of aromatic amines is 1. The second-order valence-electron chi connectivity index (χ2n) is 5.74. The van der Waals surface area contributed by atoms with Crippen LogP contribution in [0.25, 0.3) is 10.9 Å². The Labute approximate surface area is 124 Å². The van der Waals surface area contributed by atoms with Gasteiger partial charge in [-0.15, -0.1) is 0 Å². The zero-order chi connectivity index (χ0) is 14.5. The number of H-pyrrole nitrogens is 1. The number of carbonyl (C=O) groups excluding carboxylic acids is 1. The first-order valence-electron chi connectivity index (χ1n) is 7.74. The Hall–Kier alpha value is -1.88. The van der Waals surface area contributed by atoms with Crippen molar-refractivity contribution in [2.75, 3.05) is 19.6 Å². The van der Waals surface area contributed by atoms with Crippen molar-refractivity contribution in [3.05, 3.63) is 30.2 Å². The van der Waals surface area contributed by atoms with Crippen molar-refractivity contribution in [3.8, 4) is 0 Å². The molecule has 5 heteroatoms. The molecule has 2 aromatic rings. The van der Waals surface area contributed by atoms with Gasteiger partial charge >= 0.3 is 0 Å². The van der Waals surface area contributed by atoms with Gasteiger partial charge in [-0.3, -0.25) is 9.78 Å². The molecule has 3 rings (SSSR count). The van der Waals surface area contributed by atoms with Crippen molar-refractivity contribution < 1.29 is 4.79 Å². The van der Waals surface area contributed by atoms with Crippen LogP contribution in [0.3, 0.4) is 0 Å². The Morgan fingerprint density at radius 1 is 1.38 bits per heavy atom. The molecule has 21 heavy (non-hydrogen) atoms. The first-order chi connectivity index (χ1) is 10.3. The fourth-order valence-electron chi connectivity index (χ4n) is 2.95. The van der Waals surface area contributed by atoms with E-state index in [1.54, 1.807) is 12.4 Å². The molecule has 3 N–H and O–H groups in total. The quantitative estimate of drug-likeness (QED) is 0.737. The standard InChI is InChI=1S/C16H22N4O/c21-16(15-10-13-11-18-9-5-14(13)20-15)19-6-1-2-12-3-7-17-8-4-12/h5,9-12,17,20H,1-4,6-8H2,(H,19,21). The van der Waals surface area contributed by atoms with Crippen LogP contribution in [0.1, 0.15) is 36.2 Å². The van der Waals surface area contributed by atoms with Crippen molar-refractivity contribution in [1.29, 1.82) is 0 Å². The summed E-state index contributed by atoms with van der Waals surface area (Å²) in [4.78, 5) is 19.3. The highest BCUT2D eigenvalue weighted by atomic mass is 16.1. The molecule has 0 bridgehead atoms. The number of rotatable bonds is 5. The summed E-state index contributed by atoms with van der Waals surface area (Å²) in [5.74, 6) is 0.791. The van der Waals surface area contributed by atoms with Crippen LogP contribution < -0.4 is 10.6 Å². The maximum atomic E-state index is 12.1. The van der Waals surface area contributed by atoms with Crippen LogP contribution in [0.2, 0.25) is 0 Å². The van der Waals surface area contributed by atoms with E-state index in [1.807, 2.05) is 12.1 Å². The summed E-state index contributed by atoms with van der Waals surface area (Å²) in [5, 5.41) is 7.34. The number of piperidine rings is 1. The summed E-state index contributed by atoms with van der Waals surface area (Å²) in [5.41, 5.74) is 1.56. The minimum Gasteiger partial charge on any atom is -0.351 e. The lowest BCUT2D eigenvalue weighted by Crippen LogP contribution is -2.29. The molecule has 0 atom stereocenters. The summed E-state index contributed by atoms with van der Waals surface area (Å²) in [6.45, 7) is 3.02. The number of hydrogen-bond donors (Lipinski definition) is 3. The fourth-order valence-corrected chi connectivity index (χ4v) is 2.95. The third-order valence-corrected chi connectivity index (χ3v) is 4.20. The Morgan fingerprint density at radius 2 is 2.24 bits per heavy atom. The summed E-state index contributed by atoms with van der Waals surface area (Å²) in [6, 6.07) is 3.73. The molecule has 0 aromatic carbocycles. The highest BCUT2D eigenvalue weighted by molar-refractivity contribution is 5.97. The zero-order valence-corrected chi connectivity index (χ0v) is 12.2. The van der Waals surface area contributed by atoms with E-state index in [9.17, 15) is 4.79 Å². The average Bonchev–Trinajstić information content (AvgIpc) is 2.96. The van der Waals surface area contributed by atoms with Crippen LogP contribution in [-0.2, 0) is 0 Å². The number of nitrogens with zero attached hydrogens (tertiary/aromatic N) is 1. The van der Waals surface area contributed by atoms with Crippen molar-refractivity contribution in [1.82, 2.24) is 20.6 Å². The molecule has 0 radical (unpaired) electrons. The lowest BCUT2D eigenvalue weighted by Gasteiger charge is -2.22. The topological polar surface area (TPSA) is 69.8 Å². The molecule has 0 saturated carbocycles. The molecule has 0 unspecified atom stereocenters. The number of aromatic nitrogens is 2. The number of amides is 1. The van der Waals surface area contributed by atoms with E-state index in [-0.39, 0.29) is 5.91 Å². The molecule has 5 nitrogen and oxygen atoms in total. The van der Waals surface area contributed by atoms with Crippen molar-refractivity contribution >= 4 is 16.8 Å². The Morgan fingerprint density at radius 3 is 3.05 bits per heavy atom. The number of nitrogens with one attached hydrogen (secondary N) is 3. The second-order valence-corrected chi connectivity index (χ2v) is 5.74. The lowest BCUT2D eigenvalue weighted by atomic mass is 9.93. The van der Waals surface area contributed by atoms with Gasteiger partial charge in [-0.2, -0.15) is 0 Å². The minimum atomic E-state index is -0.0310. The fraction of sp³-hybridized carbons (Fsp3) is 0.500. The van der Waals surface area contributed by atoms with Gasteiger partial charge < -0.3 is 15.6 Å². The van der Waals surface area contributed by atoms with E-state index >= 15 is 0 Å². The molecule has 1 fully saturated rings. The Bertz CT molecular complexity index is 568. The predicted octanol–water partition coefficient (Wildman–Crippen LogP) is 2.07. The van der Waals surface area contributed by atoms with Gasteiger partial charge in [-0.05, 0) is 56.8 Å². The normalized spacial score (nSPS) is 16.2. The smallest absolute Gasteiger partial charge is 0.267 e. The molecular weight excluding hydrogens is 264 g/mol. The van der Waals surface area contributed by atoms with Crippen LogP contribution in [0.15, 0.2) is 24.5 Å². The van der Waals surface area contributed by atoms with Gasteiger partial charge in [0.25, 0.3) is 5.91 Å². The van der Waals surface area contributed by atoms with Gasteiger partial charge in [0, 0.05) is 29.8 Å². The summed E-state index contributed by atoms with van der Waals surface area (Å²) >= 11 is 0. The molecule has 1 saturated heterocycles. The maximum absolute atomic E-state index is 12.1. The minimum absolute atomic E-state index is 0.0310. The van der Waals surface area contributed by atoms with Crippen LogP contribution in [0, 0.1) is 5.92 Å². The van der Waals surface area contributed by atoms with Crippen LogP contribution in [0.4, 0.5) is 0 Å². The van der Waals surface area contributed by atoms with E-state index in [1.165, 1.54) is 19.3 Å². The van der Waals surface area contributed by atoms with Gasteiger partial charge in [0.15, 0.2) is 0 Å². The van der Waals surface area contributed by atoms with E-state index in [4.69, 9.17) is 0 Å². The number of fused-ring (bicyclic) bond motifs is 1. The largest absolute Gasteiger partial charge is 0.351 e. The molecule has 2 aromatic heterocycles. The molecule has 3 heterocycles. The third-order valence-electron chi connectivity index (χ3n) is 4.20. The van der Waals surface area contributed by atoms with Crippen LogP contribution in [-0.4, -0.2) is 35.5 Å². The first kappa shape index (κ1) is 14.1. The molecule has 1 aliphatic heterocycles. The van der Waals surface area contributed by atoms with Crippen molar-refractivity contribution in [2.45, 2.75) is 25.7 Å². The highest BCUT2D eigenvalue weighted by Crippen LogP contribution is 2.17. The summed E-state index contributed by atoms with van der Waals surface area (Å²) < 4.78 is 0. The first-order valence-corrected chi connectivity index (χ1v) is 7.74. The van der Waals surface area contributed by atoms with Gasteiger partial charge in [-0.25, -0.2) is 0 Å². The van der Waals surface area contributed by atoms with E-state index in [2.05, 4.69) is 20.6 Å². The van der Waals surface area contributed by atoms with Crippen molar-refractivity contribution in [2.24, 2.45) is 5.92 Å². The van der Waals surface area contributed by atoms with Gasteiger partial charge in [0.1, 0.15) is 5.69 Å². The predicted molar refractivity (Wildman–Crippen MR) is 83.3 cm³/mol. The van der Waals surface area contributed by atoms with E-state index in [0.717, 1.165) is 42.9 Å². The van der Waals surface area contributed by atoms with Gasteiger partial charge in [0.05, 0.1) is 0 Å². The lowest BCUT2D eigenvalue weighted by molar-refractivity contribution is 0.0948. The summed E-state index contributed by atoms with van der Waals surface area (Å²) in [6.07, 6.45) is 8.28. The summed E-state index contributed by atoms with van der Waals surface area (Å²) in [7, 11) is 0. The molecule has 0 aliphatic carbocycles. The molecule has 1 aliphatic rings. The Kier molecular flexibility index (Phi) is 4.50. The monoisotopic (exact) mass is 286 g/mol. The number of pyridine rings is 1. The van der Waals surface area contributed by atoms with Crippen LogP contribution in [0.5, 0.6) is 0 Å². The molecule has 1 amide bonds. The molecular formula is C16H22N4O. The number of hydrogen-bond acceptors (Lipinski definition) is 3. The zero-order valence-electron chi connectivity index (χ0n) is 12.2. The van der Waals surface area contributed by atoms with Gasteiger partial charge in [-0.1, -0.05) is 0 Å². The van der Waals surface area contributed by atoms with Crippen molar-refractivity contribution in [3.63, 3.8) is 0 Å². The molecule has 0 spiro atoms. The number of carbonyl (C=O) groups is 1. The Balaban J connectivity index is 1.45. The average molecular weight is 286 g/mol. The third kappa shape index (κ3) is 3.61. The van der Waals surface area contributed by atoms with E-state index in [0.29, 0.717) is 5.69 Å². The second kappa shape index (κ2) is 6.72. The van der Waals surface area contributed by atoms with Crippen LogP contribution >= 0.6 is 0 Å². The van der Waals surface area contributed by atoms with Gasteiger partial charge in [0.2, 0.25) is 0 Å². The molecule has 112 valence electrons.